The van der Waals surface area contributed by atoms with Crippen molar-refractivity contribution in [1.82, 2.24) is 30.7 Å². The Bertz CT molecular complexity index is 1800. The van der Waals surface area contributed by atoms with E-state index >= 15 is 0 Å². The van der Waals surface area contributed by atoms with Crippen molar-refractivity contribution in [3.05, 3.63) is 36.8 Å². The van der Waals surface area contributed by atoms with Crippen molar-refractivity contribution in [2.45, 2.75) is 77.3 Å². The second kappa shape index (κ2) is 33.6. The topological polar surface area (TPSA) is 397 Å². The van der Waals surface area contributed by atoms with Crippen LogP contribution in [0.2, 0.25) is 0 Å². The van der Waals surface area contributed by atoms with Crippen molar-refractivity contribution in [2.24, 2.45) is 39.9 Å². The summed E-state index contributed by atoms with van der Waals surface area (Å²) in [4.78, 5) is 121. The summed E-state index contributed by atoms with van der Waals surface area (Å²) in [6.45, 7) is 4.66. The first kappa shape index (κ1) is 63.1. The summed E-state index contributed by atoms with van der Waals surface area (Å²) in [5, 5.41) is 40.1. The first-order valence-electron chi connectivity index (χ1n) is 22.2. The van der Waals surface area contributed by atoms with Gasteiger partial charge >= 0.3 is 5.97 Å². The normalized spacial score (nSPS) is 16.4. The molecule has 25 heteroatoms. The molecule has 393 valence electrons. The fourth-order valence-electron chi connectivity index (χ4n) is 7.53. The molecule has 0 saturated heterocycles. The first-order valence-corrected chi connectivity index (χ1v) is 22.2. The number of guanidine groups is 1. The van der Waals surface area contributed by atoms with Crippen molar-refractivity contribution in [3.63, 3.8) is 0 Å². The van der Waals surface area contributed by atoms with E-state index in [0.29, 0.717) is 30.8 Å². The Kier molecular flexibility index (Phi) is 30.8. The molecule has 24 nitrogen and oxygen atoms in total. The Morgan fingerprint density at radius 1 is 0.899 bits per heavy atom. The number of nitrogens with zero attached hydrogens (tertiary/aromatic N) is 4. The van der Waals surface area contributed by atoms with Crippen molar-refractivity contribution in [2.75, 3.05) is 78.6 Å². The molecule has 2 aliphatic rings. The van der Waals surface area contributed by atoms with Crippen molar-refractivity contribution in [3.8, 4) is 5.75 Å². The second-order valence-electron chi connectivity index (χ2n) is 16.9. The minimum Gasteiger partial charge on any atom is -0.549 e. The number of fused-ring (bicyclic) bond motifs is 11. The Morgan fingerprint density at radius 3 is 2.03 bits per heavy atom. The van der Waals surface area contributed by atoms with Crippen LogP contribution in [-0.4, -0.2) is 175 Å². The fourth-order valence-corrected chi connectivity index (χ4v) is 7.53. The molecule has 2 heterocycles. The summed E-state index contributed by atoms with van der Waals surface area (Å²) in [6, 6.07) is 4.75. The average Bonchev–Trinajstić information content (AvgIpc) is 3.22. The second-order valence-corrected chi connectivity index (χ2v) is 16.9. The number of hydrogen-bond donors (Lipinski definition) is 7. The van der Waals surface area contributed by atoms with Crippen LogP contribution in [0.25, 0.3) is 0 Å². The monoisotopic (exact) mass is 1020 g/mol. The molecule has 0 saturated carbocycles. The molecule has 69 heavy (non-hydrogen) atoms. The van der Waals surface area contributed by atoms with E-state index in [1.165, 1.54) is 9.80 Å². The molecule has 0 spiro atoms. The fraction of sp³-hybridized carbons (Fsp3) is 0.614. The van der Waals surface area contributed by atoms with Crippen molar-refractivity contribution >= 4 is 59.1 Å². The van der Waals surface area contributed by atoms with E-state index in [1.807, 2.05) is 13.8 Å². The number of primary amides is 1. The van der Waals surface area contributed by atoms with Crippen molar-refractivity contribution in [1.29, 1.82) is 0 Å². The molecule has 1 aromatic carbocycles. The number of carbonyl (C=O) groups is 9. The van der Waals surface area contributed by atoms with Gasteiger partial charge in [0, 0.05) is 106 Å². The van der Waals surface area contributed by atoms with E-state index in [2.05, 4.69) is 27.9 Å². The summed E-state index contributed by atoms with van der Waals surface area (Å²) in [5.41, 5.74) is 17.5. The van der Waals surface area contributed by atoms with Crippen molar-refractivity contribution < 1.29 is 85.8 Å². The number of carboxylic acids is 3. The molecule has 4 atom stereocenters. The van der Waals surface area contributed by atoms with Gasteiger partial charge in [0.15, 0.2) is 11.7 Å². The average molecular weight is 1030 g/mol. The predicted octanol–water partition coefficient (Wildman–Crippen LogP) is -5.28. The van der Waals surface area contributed by atoms with Gasteiger partial charge in [-0.05, 0) is 62.1 Å². The number of aliphatic carboxylic acids is 3. The van der Waals surface area contributed by atoms with Crippen LogP contribution in [-0.2, 0) is 66.6 Å². The minimum absolute atomic E-state index is 0. The van der Waals surface area contributed by atoms with Crippen LogP contribution in [0, 0.1) is 24.7 Å². The molecule has 0 aromatic heterocycles. The number of rotatable bonds is 30. The first-order chi connectivity index (χ1) is 31.6. The molecule has 4 amide bonds. The van der Waals surface area contributed by atoms with Gasteiger partial charge in [-0.2, -0.15) is 0 Å². The molecular formula is C44H69CuN10O14-3. The smallest absolute Gasteiger partial charge is 0.317 e. The largest absolute Gasteiger partial charge is 0.549 e. The summed E-state index contributed by atoms with van der Waals surface area (Å²) in [5.74, 6) is -8.88. The molecular weight excluding hydrogens is 956 g/mol. The molecule has 0 fully saturated rings. The standard InChI is InChI=1S/C44H69N10O13.Cu.H2O/c1-28(2)21-33-32(41(45)64)7-6-20-67-31-12-10-30(11-13-31)22-35(51-42(33)65)43(66)50-34(8-4-15-49-44(46)47)36(56)9-5-14-48-37(57)24-52(16-18-53(23-29(3)55)25-38(58)59)17-19-54(26-39(60)61)27-40(62)63;;/h10-13,28,32-35H,3-9,14-27H2,1-2H3,(H2,45,64)(H,48,57)(H,50,66)(H,51,65)(H,58,59)(H,60,61)(H,62,63)(H4,46,47,49);;1H2/q-1;;/p-2/t32-,33+,34-,35-;;/m0../s1. The predicted molar refractivity (Wildman–Crippen MR) is 242 cm³/mol. The van der Waals surface area contributed by atoms with Gasteiger partial charge in [-0.15, -0.1) is 0 Å². The number of carbonyl (C=O) groups excluding carboxylic acids is 8. The molecule has 2 aliphatic heterocycles. The van der Waals surface area contributed by atoms with E-state index in [9.17, 15) is 58.5 Å². The van der Waals surface area contributed by atoms with Gasteiger partial charge < -0.3 is 80.0 Å². The Balaban J connectivity index is 0.0000231. The van der Waals surface area contributed by atoms with E-state index < -0.39 is 96.7 Å². The summed E-state index contributed by atoms with van der Waals surface area (Å²) < 4.78 is 5.85. The third-order valence-electron chi connectivity index (χ3n) is 10.7. The van der Waals surface area contributed by atoms with Gasteiger partial charge in [0.25, 0.3) is 0 Å². The number of ketones is 2. The third kappa shape index (κ3) is 27.1. The van der Waals surface area contributed by atoms with E-state index in [1.54, 1.807) is 24.3 Å². The number of hydrogen-bond acceptors (Lipinski definition) is 16. The molecule has 2 bridgehead atoms. The van der Waals surface area contributed by atoms with Gasteiger partial charge in [0.05, 0.1) is 37.7 Å². The van der Waals surface area contributed by atoms with Crippen LogP contribution in [0.15, 0.2) is 29.3 Å². The molecule has 1 aromatic rings. The van der Waals surface area contributed by atoms with Crippen LogP contribution in [0.4, 0.5) is 0 Å². The summed E-state index contributed by atoms with van der Waals surface area (Å²) >= 11 is 0. The number of nitrogens with one attached hydrogen (secondary N) is 3. The zero-order valence-corrected chi connectivity index (χ0v) is 40.2. The van der Waals surface area contributed by atoms with Gasteiger partial charge in [-0.1, -0.05) is 26.0 Å². The summed E-state index contributed by atoms with van der Waals surface area (Å²) in [7, 11) is 0. The van der Waals surface area contributed by atoms with Crippen LogP contribution in [0.5, 0.6) is 5.75 Å². The van der Waals surface area contributed by atoms with E-state index in [0.717, 1.165) is 4.90 Å². The van der Waals surface area contributed by atoms with E-state index in [4.69, 9.17) is 21.9 Å². The number of benzene rings is 1. The van der Waals surface area contributed by atoms with Gasteiger partial charge in [-0.3, -0.25) is 48.5 Å². The Hall–Kier alpha value is -5.85. The molecule has 1 radical (unpaired) electrons. The number of aliphatic imine (C=N–C) groups is 1. The van der Waals surface area contributed by atoms with Gasteiger partial charge in [0.1, 0.15) is 11.8 Å². The van der Waals surface area contributed by atoms with Crippen LogP contribution in [0.1, 0.15) is 64.4 Å². The quantitative estimate of drug-likeness (QED) is 0.0124. The summed E-state index contributed by atoms with van der Waals surface area (Å²) in [6.07, 6.45) is 1.49. The SMILES string of the molecule is O.[CH2-]C(=O)CN(CCN(CCN(CC(=O)[O-])CC(=O)O)CC(=O)NCCCC(=O)[C@H](CCCN=C(N)N)NC(=O)[C@@H]1Cc2ccc(cc2)OCCC[C@H](C(N)=O)[C@@H](CC(C)C)C(=O)N1)CC(=O)[O-].[Cu]. The van der Waals surface area contributed by atoms with Crippen LogP contribution < -0.4 is 48.1 Å². The maximum absolute atomic E-state index is 14.2. The molecule has 12 N–H and O–H groups in total. The molecule has 0 aliphatic carbocycles. The third-order valence-corrected chi connectivity index (χ3v) is 10.7. The Labute approximate surface area is 412 Å². The number of amides is 4. The number of nitrogens with two attached hydrogens (primary N) is 3. The van der Waals surface area contributed by atoms with Crippen LogP contribution in [0.3, 0.4) is 0 Å². The maximum atomic E-state index is 14.2. The van der Waals surface area contributed by atoms with Gasteiger partial charge in [-0.25, -0.2) is 0 Å². The molecule has 3 rings (SSSR count). The number of carboxylic acid groups (broad SMARTS) is 3. The van der Waals surface area contributed by atoms with Crippen LogP contribution >= 0.6 is 0 Å². The molecule has 0 unspecified atom stereocenters. The zero-order chi connectivity index (χ0) is 50.1. The zero-order valence-electron chi connectivity index (χ0n) is 39.2. The number of ether oxygens (including phenoxy) is 1. The van der Waals surface area contributed by atoms with E-state index in [-0.39, 0.29) is 125 Å². The van der Waals surface area contributed by atoms with Gasteiger partial charge in [0.2, 0.25) is 23.6 Å². The maximum Gasteiger partial charge on any atom is 0.317 e. The minimum atomic E-state index is -1.52. The Morgan fingerprint density at radius 2 is 1.49 bits per heavy atom. The number of Topliss-reactive ketones (excluding diaryl/α,β-unsaturated/α-hetero) is 2.